The van der Waals surface area contributed by atoms with E-state index in [-0.39, 0.29) is 18.4 Å². The van der Waals surface area contributed by atoms with Gasteiger partial charge >= 0.3 is 0 Å². The lowest BCUT2D eigenvalue weighted by Crippen LogP contribution is -2.17. The predicted octanol–water partition coefficient (Wildman–Crippen LogP) is 4.32. The third kappa shape index (κ3) is 3.56. The van der Waals surface area contributed by atoms with Gasteiger partial charge in [0.25, 0.3) is 0 Å². The largest absolute Gasteiger partial charge is 0.440 e. The molecular weight excluding hydrogens is 296 g/mol. The summed E-state index contributed by atoms with van der Waals surface area (Å²) >= 11 is 0. The van der Waals surface area contributed by atoms with Gasteiger partial charge in [-0.3, -0.25) is 0 Å². The lowest BCUT2D eigenvalue weighted by atomic mass is 10.1. The van der Waals surface area contributed by atoms with Gasteiger partial charge in [0.1, 0.15) is 5.69 Å². The molecule has 1 aromatic heterocycles. The number of oxazole rings is 1. The Morgan fingerprint density at radius 1 is 0.955 bits per heavy atom. The van der Waals surface area contributed by atoms with Gasteiger partial charge in [0, 0.05) is 23.6 Å². The van der Waals surface area contributed by atoms with Crippen molar-refractivity contribution in [2.45, 2.75) is 19.4 Å². The van der Waals surface area contributed by atoms with Gasteiger partial charge < -0.3 is 10.2 Å². The Morgan fingerprint density at radius 3 is 2.05 bits per heavy atom. The number of rotatable bonds is 4. The van der Waals surface area contributed by atoms with E-state index in [4.69, 9.17) is 10.2 Å². The van der Waals surface area contributed by atoms with Gasteiger partial charge in [-0.1, -0.05) is 60.7 Å². The SMILES string of the molecule is CC(N)Cc1nc(-c2ccccc2)c(-c2ccccc2)o1.Cl. The molecule has 0 aliphatic carbocycles. The molecule has 114 valence electrons. The monoisotopic (exact) mass is 314 g/mol. The zero-order chi connectivity index (χ0) is 14.7. The topological polar surface area (TPSA) is 52.0 Å². The molecule has 1 atom stereocenters. The summed E-state index contributed by atoms with van der Waals surface area (Å²) < 4.78 is 5.97. The van der Waals surface area contributed by atoms with E-state index < -0.39 is 0 Å². The lowest BCUT2D eigenvalue weighted by molar-refractivity contribution is 0.487. The van der Waals surface area contributed by atoms with E-state index in [9.17, 15) is 0 Å². The van der Waals surface area contributed by atoms with Crippen LogP contribution in [0.15, 0.2) is 65.1 Å². The highest BCUT2D eigenvalue weighted by molar-refractivity contribution is 5.85. The standard InChI is InChI=1S/C18H18N2O.ClH/c1-13(19)12-16-20-17(14-8-4-2-5-9-14)18(21-16)15-10-6-3-7-11-15;/h2-11,13H,12,19H2,1H3;1H. The molecule has 3 nitrogen and oxygen atoms in total. The fourth-order valence-corrected chi connectivity index (χ4v) is 2.30. The Kier molecular flexibility index (Phi) is 5.36. The van der Waals surface area contributed by atoms with Crippen molar-refractivity contribution in [3.8, 4) is 22.6 Å². The lowest BCUT2D eigenvalue weighted by Gasteiger charge is -2.01. The van der Waals surface area contributed by atoms with E-state index in [1.165, 1.54) is 0 Å². The highest BCUT2D eigenvalue weighted by Crippen LogP contribution is 2.32. The molecule has 0 saturated heterocycles. The van der Waals surface area contributed by atoms with Crippen LogP contribution < -0.4 is 5.73 Å². The first kappa shape index (κ1) is 16.3. The summed E-state index contributed by atoms with van der Waals surface area (Å²) in [4.78, 5) is 4.65. The number of nitrogens with zero attached hydrogens (tertiary/aromatic N) is 1. The molecule has 1 heterocycles. The van der Waals surface area contributed by atoms with Crippen molar-refractivity contribution in [1.29, 1.82) is 0 Å². The van der Waals surface area contributed by atoms with Crippen molar-refractivity contribution < 1.29 is 4.42 Å². The zero-order valence-electron chi connectivity index (χ0n) is 12.4. The Hall–Kier alpha value is -2.10. The van der Waals surface area contributed by atoms with Crippen molar-refractivity contribution in [3.63, 3.8) is 0 Å². The van der Waals surface area contributed by atoms with Crippen molar-refractivity contribution in [2.75, 3.05) is 0 Å². The average Bonchev–Trinajstić information content (AvgIpc) is 2.92. The Bertz CT molecular complexity index is 651. The van der Waals surface area contributed by atoms with Crippen LogP contribution in [0.1, 0.15) is 12.8 Å². The maximum atomic E-state index is 5.97. The first-order valence-electron chi connectivity index (χ1n) is 7.10. The molecule has 0 aliphatic heterocycles. The fraction of sp³-hybridized carbons (Fsp3) is 0.167. The maximum absolute atomic E-state index is 5.97. The summed E-state index contributed by atoms with van der Waals surface area (Å²) in [5, 5.41) is 0. The Balaban J connectivity index is 0.00000176. The molecular formula is C18H19ClN2O. The predicted molar refractivity (Wildman–Crippen MR) is 92.0 cm³/mol. The van der Waals surface area contributed by atoms with Crippen LogP contribution in [0.5, 0.6) is 0 Å². The third-order valence-electron chi connectivity index (χ3n) is 3.25. The maximum Gasteiger partial charge on any atom is 0.197 e. The number of aromatic nitrogens is 1. The van der Waals surface area contributed by atoms with Crippen molar-refractivity contribution in [3.05, 3.63) is 66.6 Å². The normalized spacial score (nSPS) is 11.7. The molecule has 22 heavy (non-hydrogen) atoms. The molecule has 0 radical (unpaired) electrons. The number of nitrogens with two attached hydrogens (primary N) is 1. The van der Waals surface area contributed by atoms with Gasteiger partial charge in [-0.05, 0) is 6.92 Å². The van der Waals surface area contributed by atoms with E-state index in [0.29, 0.717) is 12.3 Å². The van der Waals surface area contributed by atoms with E-state index in [1.54, 1.807) is 0 Å². The molecule has 3 aromatic rings. The molecule has 0 fully saturated rings. The molecule has 0 aliphatic rings. The molecule has 0 spiro atoms. The smallest absolute Gasteiger partial charge is 0.197 e. The minimum absolute atomic E-state index is 0. The molecule has 0 bridgehead atoms. The van der Waals surface area contributed by atoms with Crippen LogP contribution >= 0.6 is 12.4 Å². The van der Waals surface area contributed by atoms with Crippen LogP contribution in [0.2, 0.25) is 0 Å². The van der Waals surface area contributed by atoms with Gasteiger partial charge in [-0.25, -0.2) is 4.98 Å². The number of halogens is 1. The minimum atomic E-state index is 0. The fourth-order valence-electron chi connectivity index (χ4n) is 2.30. The highest BCUT2D eigenvalue weighted by Gasteiger charge is 2.17. The van der Waals surface area contributed by atoms with Crippen LogP contribution in [0, 0.1) is 0 Å². The van der Waals surface area contributed by atoms with Gasteiger partial charge in [0.15, 0.2) is 11.7 Å². The second kappa shape index (κ2) is 7.25. The van der Waals surface area contributed by atoms with Gasteiger partial charge in [0.2, 0.25) is 0 Å². The van der Waals surface area contributed by atoms with Crippen molar-refractivity contribution in [1.82, 2.24) is 4.98 Å². The number of benzene rings is 2. The summed E-state index contributed by atoms with van der Waals surface area (Å²) in [6.07, 6.45) is 0.632. The van der Waals surface area contributed by atoms with Crippen LogP contribution in [-0.4, -0.2) is 11.0 Å². The van der Waals surface area contributed by atoms with Gasteiger partial charge in [0.05, 0.1) is 0 Å². The molecule has 1 unspecified atom stereocenters. The van der Waals surface area contributed by atoms with Crippen LogP contribution in [0.4, 0.5) is 0 Å². The molecule has 0 amide bonds. The van der Waals surface area contributed by atoms with Gasteiger partial charge in [-0.15, -0.1) is 12.4 Å². The average molecular weight is 315 g/mol. The molecule has 4 heteroatoms. The highest BCUT2D eigenvalue weighted by atomic mass is 35.5. The van der Waals surface area contributed by atoms with E-state index in [0.717, 1.165) is 22.6 Å². The van der Waals surface area contributed by atoms with E-state index in [1.807, 2.05) is 67.6 Å². The summed E-state index contributed by atoms with van der Waals surface area (Å²) in [5.74, 6) is 1.49. The van der Waals surface area contributed by atoms with E-state index >= 15 is 0 Å². The summed E-state index contributed by atoms with van der Waals surface area (Å²) in [7, 11) is 0. The number of hydrogen-bond acceptors (Lipinski definition) is 3. The first-order valence-corrected chi connectivity index (χ1v) is 7.10. The first-order chi connectivity index (χ1) is 10.2. The molecule has 2 N–H and O–H groups in total. The zero-order valence-corrected chi connectivity index (χ0v) is 13.2. The molecule has 2 aromatic carbocycles. The Morgan fingerprint density at radius 2 is 1.50 bits per heavy atom. The van der Waals surface area contributed by atoms with Crippen molar-refractivity contribution >= 4 is 12.4 Å². The Labute approximate surface area is 136 Å². The quantitative estimate of drug-likeness (QED) is 0.780. The van der Waals surface area contributed by atoms with Crippen molar-refractivity contribution in [2.24, 2.45) is 5.73 Å². The second-order valence-electron chi connectivity index (χ2n) is 5.20. The molecule has 3 rings (SSSR count). The van der Waals surface area contributed by atoms with E-state index in [2.05, 4.69) is 4.98 Å². The molecule has 0 saturated carbocycles. The summed E-state index contributed by atoms with van der Waals surface area (Å²) in [5.41, 5.74) is 8.81. The second-order valence-corrected chi connectivity index (χ2v) is 5.20. The minimum Gasteiger partial charge on any atom is -0.440 e. The van der Waals surface area contributed by atoms with Crippen LogP contribution in [0.25, 0.3) is 22.6 Å². The number of hydrogen-bond donors (Lipinski definition) is 1. The van der Waals surface area contributed by atoms with Crippen LogP contribution in [0.3, 0.4) is 0 Å². The van der Waals surface area contributed by atoms with Crippen LogP contribution in [-0.2, 0) is 6.42 Å². The summed E-state index contributed by atoms with van der Waals surface area (Å²) in [6, 6.07) is 20.2. The third-order valence-corrected chi connectivity index (χ3v) is 3.25. The van der Waals surface area contributed by atoms with Gasteiger partial charge in [-0.2, -0.15) is 0 Å². The summed E-state index contributed by atoms with van der Waals surface area (Å²) in [6.45, 7) is 1.95.